The quantitative estimate of drug-likeness (QED) is 0.657. The summed E-state index contributed by atoms with van der Waals surface area (Å²) in [6.45, 7) is 4.04. The summed E-state index contributed by atoms with van der Waals surface area (Å²) in [6.07, 6.45) is 7.70. The molecule has 2 rings (SSSR count). The molecule has 1 saturated carbocycles. The fourth-order valence-electron chi connectivity index (χ4n) is 3.01. The topological polar surface area (TPSA) is 46.2 Å². The van der Waals surface area contributed by atoms with Crippen molar-refractivity contribution in [1.29, 1.82) is 0 Å². The third-order valence-electron chi connectivity index (χ3n) is 4.63. The van der Waals surface area contributed by atoms with Crippen molar-refractivity contribution in [3.05, 3.63) is 34.9 Å². The number of rotatable bonds is 5. The largest absolute Gasteiger partial charge is 0.353 e. The lowest BCUT2D eigenvalue weighted by molar-refractivity contribution is -0.121. The van der Waals surface area contributed by atoms with Crippen LogP contribution in [0.1, 0.15) is 72.9 Å². The van der Waals surface area contributed by atoms with E-state index in [9.17, 15) is 9.59 Å². The maximum Gasteiger partial charge on any atom is 0.220 e. The van der Waals surface area contributed by atoms with Gasteiger partial charge in [-0.25, -0.2) is 0 Å². The van der Waals surface area contributed by atoms with Crippen LogP contribution in [0.5, 0.6) is 0 Å². The van der Waals surface area contributed by atoms with Gasteiger partial charge in [0.25, 0.3) is 0 Å². The molecule has 1 aliphatic carbocycles. The molecule has 0 aromatic heterocycles. The third-order valence-corrected chi connectivity index (χ3v) is 4.63. The molecule has 3 heteroatoms. The standard InChI is InChI=1S/C19H27NO2/c1-14-9-10-16(13-15(14)2)18(21)11-12-19(22)20-17-7-5-3-4-6-8-17/h9-10,13,17H,3-8,11-12H2,1-2H3,(H,20,22). The summed E-state index contributed by atoms with van der Waals surface area (Å²) < 4.78 is 0. The van der Waals surface area contributed by atoms with Gasteiger partial charge in [-0.3, -0.25) is 9.59 Å². The predicted octanol–water partition coefficient (Wildman–Crippen LogP) is 4.11. The van der Waals surface area contributed by atoms with Crippen LogP contribution in [0.25, 0.3) is 0 Å². The first-order chi connectivity index (χ1) is 10.6. The Morgan fingerprint density at radius 1 is 1.00 bits per heavy atom. The average molecular weight is 301 g/mol. The van der Waals surface area contributed by atoms with Gasteiger partial charge in [0.15, 0.2) is 5.78 Å². The number of aryl methyl sites for hydroxylation is 2. The Bertz CT molecular complexity index is 528. The van der Waals surface area contributed by atoms with E-state index in [1.165, 1.54) is 31.2 Å². The molecule has 22 heavy (non-hydrogen) atoms. The lowest BCUT2D eigenvalue weighted by Crippen LogP contribution is -2.34. The Balaban J connectivity index is 1.79. The highest BCUT2D eigenvalue weighted by Gasteiger charge is 2.16. The smallest absolute Gasteiger partial charge is 0.220 e. The highest BCUT2D eigenvalue weighted by molar-refractivity contribution is 5.98. The summed E-state index contributed by atoms with van der Waals surface area (Å²) in [5.74, 6) is 0.0724. The van der Waals surface area contributed by atoms with Gasteiger partial charge in [-0.2, -0.15) is 0 Å². The first-order valence-corrected chi connectivity index (χ1v) is 8.46. The van der Waals surface area contributed by atoms with Crippen LogP contribution in [0.3, 0.4) is 0 Å². The second kappa shape index (κ2) is 8.11. The Labute approximate surface area is 133 Å². The number of carbonyl (C=O) groups excluding carboxylic acids is 2. The number of benzene rings is 1. The molecule has 1 amide bonds. The number of ketones is 1. The minimum Gasteiger partial charge on any atom is -0.353 e. The molecule has 0 aliphatic heterocycles. The zero-order valence-electron chi connectivity index (χ0n) is 13.8. The highest BCUT2D eigenvalue weighted by atomic mass is 16.2. The van der Waals surface area contributed by atoms with Crippen LogP contribution in [-0.2, 0) is 4.79 Å². The summed E-state index contributed by atoms with van der Waals surface area (Å²) in [4.78, 5) is 24.2. The van der Waals surface area contributed by atoms with Crippen molar-refractivity contribution < 1.29 is 9.59 Å². The van der Waals surface area contributed by atoms with E-state index in [1.807, 2.05) is 32.0 Å². The summed E-state index contributed by atoms with van der Waals surface area (Å²) in [5.41, 5.74) is 3.02. The van der Waals surface area contributed by atoms with Crippen LogP contribution >= 0.6 is 0 Å². The molecule has 1 aromatic rings. The van der Waals surface area contributed by atoms with Crippen LogP contribution in [0, 0.1) is 13.8 Å². The number of hydrogen-bond donors (Lipinski definition) is 1. The van der Waals surface area contributed by atoms with Crippen molar-refractivity contribution in [2.45, 2.75) is 71.3 Å². The number of carbonyl (C=O) groups is 2. The zero-order valence-corrected chi connectivity index (χ0v) is 13.8. The van der Waals surface area contributed by atoms with Gasteiger partial charge in [0, 0.05) is 24.4 Å². The lowest BCUT2D eigenvalue weighted by atomic mass is 10.0. The molecular weight excluding hydrogens is 274 g/mol. The van der Waals surface area contributed by atoms with Gasteiger partial charge in [-0.05, 0) is 43.9 Å². The summed E-state index contributed by atoms with van der Waals surface area (Å²) in [5, 5.41) is 3.10. The monoisotopic (exact) mass is 301 g/mol. The van der Waals surface area contributed by atoms with Crippen molar-refractivity contribution in [2.75, 3.05) is 0 Å². The van der Waals surface area contributed by atoms with Crippen molar-refractivity contribution in [3.63, 3.8) is 0 Å². The first-order valence-electron chi connectivity index (χ1n) is 8.46. The second-order valence-corrected chi connectivity index (χ2v) is 6.48. The molecule has 3 nitrogen and oxygen atoms in total. The fraction of sp³-hybridized carbons (Fsp3) is 0.579. The van der Waals surface area contributed by atoms with E-state index < -0.39 is 0 Å². The fourth-order valence-corrected chi connectivity index (χ4v) is 3.01. The molecule has 1 fully saturated rings. The molecule has 120 valence electrons. The van der Waals surface area contributed by atoms with Gasteiger partial charge in [-0.1, -0.05) is 37.8 Å². The Morgan fingerprint density at radius 3 is 2.32 bits per heavy atom. The van der Waals surface area contributed by atoms with Crippen LogP contribution < -0.4 is 5.32 Å². The molecule has 0 unspecified atom stereocenters. The molecule has 0 atom stereocenters. The van der Waals surface area contributed by atoms with E-state index in [0.29, 0.717) is 24.4 Å². The van der Waals surface area contributed by atoms with Gasteiger partial charge >= 0.3 is 0 Å². The van der Waals surface area contributed by atoms with Crippen molar-refractivity contribution in [1.82, 2.24) is 5.32 Å². The van der Waals surface area contributed by atoms with Gasteiger partial charge in [0.1, 0.15) is 0 Å². The van der Waals surface area contributed by atoms with Crippen molar-refractivity contribution >= 4 is 11.7 Å². The molecule has 0 spiro atoms. The van der Waals surface area contributed by atoms with Gasteiger partial charge in [0.2, 0.25) is 5.91 Å². The average Bonchev–Trinajstić information content (AvgIpc) is 2.76. The van der Waals surface area contributed by atoms with Gasteiger partial charge < -0.3 is 5.32 Å². The normalized spacial score (nSPS) is 16.1. The van der Waals surface area contributed by atoms with E-state index in [1.54, 1.807) is 0 Å². The zero-order chi connectivity index (χ0) is 15.9. The van der Waals surface area contributed by atoms with Crippen LogP contribution in [0.15, 0.2) is 18.2 Å². The number of nitrogens with one attached hydrogen (secondary N) is 1. The predicted molar refractivity (Wildman–Crippen MR) is 89.1 cm³/mol. The molecule has 1 aromatic carbocycles. The minimum atomic E-state index is 0.0177. The van der Waals surface area contributed by atoms with Crippen LogP contribution in [-0.4, -0.2) is 17.7 Å². The van der Waals surface area contributed by atoms with Crippen molar-refractivity contribution in [2.24, 2.45) is 0 Å². The molecule has 0 heterocycles. The van der Waals surface area contributed by atoms with E-state index in [-0.39, 0.29) is 11.7 Å². The van der Waals surface area contributed by atoms with Crippen molar-refractivity contribution in [3.8, 4) is 0 Å². The van der Waals surface area contributed by atoms with Gasteiger partial charge in [-0.15, -0.1) is 0 Å². The number of Topliss-reactive ketones (excluding diaryl/α,β-unsaturated/α-hetero) is 1. The van der Waals surface area contributed by atoms with Crippen LogP contribution in [0.2, 0.25) is 0 Å². The first kappa shape index (κ1) is 16.7. The van der Waals surface area contributed by atoms with E-state index in [2.05, 4.69) is 5.32 Å². The third kappa shape index (κ3) is 4.97. The molecule has 1 N–H and O–H groups in total. The van der Waals surface area contributed by atoms with E-state index in [0.717, 1.165) is 18.4 Å². The number of hydrogen-bond acceptors (Lipinski definition) is 2. The van der Waals surface area contributed by atoms with E-state index >= 15 is 0 Å². The number of amides is 1. The Morgan fingerprint density at radius 2 is 1.68 bits per heavy atom. The van der Waals surface area contributed by atoms with E-state index in [4.69, 9.17) is 0 Å². The highest BCUT2D eigenvalue weighted by Crippen LogP contribution is 2.17. The lowest BCUT2D eigenvalue weighted by Gasteiger charge is -2.16. The molecule has 0 saturated heterocycles. The maximum absolute atomic E-state index is 12.2. The second-order valence-electron chi connectivity index (χ2n) is 6.48. The summed E-state index contributed by atoms with van der Waals surface area (Å²) >= 11 is 0. The molecular formula is C19H27NO2. The molecule has 0 bridgehead atoms. The van der Waals surface area contributed by atoms with Gasteiger partial charge in [0.05, 0.1) is 0 Å². The maximum atomic E-state index is 12.2. The SMILES string of the molecule is Cc1ccc(C(=O)CCC(=O)NC2CCCCCC2)cc1C. The minimum absolute atomic E-state index is 0.0177. The molecule has 0 radical (unpaired) electrons. The van der Waals surface area contributed by atoms with Crippen LogP contribution in [0.4, 0.5) is 0 Å². The molecule has 1 aliphatic rings. The Hall–Kier alpha value is -1.64. The summed E-state index contributed by atoms with van der Waals surface area (Å²) in [7, 11) is 0. The Kier molecular flexibility index (Phi) is 6.17. The summed E-state index contributed by atoms with van der Waals surface area (Å²) in [6, 6.07) is 6.05.